The lowest BCUT2D eigenvalue weighted by atomic mass is 9.70. The number of unbranched alkanes of at least 4 members (excludes halogenated alkanes) is 1. The predicted octanol–water partition coefficient (Wildman–Crippen LogP) is 3.09. The monoisotopic (exact) mass is 505 g/mol. The molecule has 0 aliphatic carbocycles. The molecule has 0 aromatic heterocycles. The van der Waals surface area contributed by atoms with Crippen LogP contribution in [0.3, 0.4) is 0 Å². The van der Waals surface area contributed by atoms with Crippen molar-refractivity contribution in [2.45, 2.75) is 81.4 Å². The average Bonchev–Trinajstić information content (AvgIpc) is 3.49. The van der Waals surface area contributed by atoms with Crippen LogP contribution in [-0.2, 0) is 14.4 Å². The van der Waals surface area contributed by atoms with Gasteiger partial charge in [0, 0.05) is 31.4 Å². The van der Waals surface area contributed by atoms with Crippen molar-refractivity contribution in [3.63, 3.8) is 0 Å². The Morgan fingerprint density at radius 1 is 1.14 bits per heavy atom. The van der Waals surface area contributed by atoms with E-state index in [0.29, 0.717) is 32.6 Å². The van der Waals surface area contributed by atoms with Gasteiger partial charge in [-0.2, -0.15) is 0 Å². The third-order valence-electron chi connectivity index (χ3n) is 7.93. The molecule has 2 bridgehead atoms. The molecule has 3 aliphatic rings. The molecule has 0 saturated carbocycles. The van der Waals surface area contributed by atoms with E-state index in [0.717, 1.165) is 32.1 Å². The van der Waals surface area contributed by atoms with Crippen LogP contribution >= 0.6 is 11.8 Å². The molecule has 196 valence electrons. The Hall–Kier alpha value is -1.80. The SMILES string of the molecule is C=CCN(CCCC)C(=O)C1N([C@@H](CC)CO)C(=O)[C@@H]2[C@H](C(=O)N(CC=C)CCC)[C@@H]3CCC12S3. The third kappa shape index (κ3) is 4.80. The number of aliphatic hydroxyl groups excluding tert-OH is 1. The Bertz CT molecular complexity index is 816. The van der Waals surface area contributed by atoms with E-state index < -0.39 is 28.7 Å². The lowest BCUT2D eigenvalue weighted by molar-refractivity contribution is -0.147. The molecule has 7 nitrogen and oxygen atoms in total. The fraction of sp³-hybridized carbons (Fsp3) is 0.741. The first-order valence-electron chi connectivity index (χ1n) is 13.3. The first-order valence-corrected chi connectivity index (χ1v) is 14.1. The van der Waals surface area contributed by atoms with Gasteiger partial charge in [0.25, 0.3) is 0 Å². The summed E-state index contributed by atoms with van der Waals surface area (Å²) in [6, 6.07) is -1.11. The standard InChI is InChI=1S/C27H43N3O4S/c1-6-11-17-29(16-9-4)26(34)23-27-13-12-20(35-27)21(24(32)28(14-7-2)15-8-3)22(27)25(33)30(23)19(10-5)18-31/h7,9,19-23,31H,2,4,6,8,10-18H2,1,3,5H3/t19-,20-,21+,22-,23?,27?/m0/s1. The van der Waals surface area contributed by atoms with E-state index in [2.05, 4.69) is 20.1 Å². The van der Waals surface area contributed by atoms with E-state index in [9.17, 15) is 19.5 Å². The second-order valence-corrected chi connectivity index (χ2v) is 11.6. The van der Waals surface area contributed by atoms with Crippen molar-refractivity contribution in [1.82, 2.24) is 14.7 Å². The van der Waals surface area contributed by atoms with E-state index >= 15 is 0 Å². The van der Waals surface area contributed by atoms with Crippen molar-refractivity contribution >= 4 is 29.5 Å². The summed E-state index contributed by atoms with van der Waals surface area (Å²) in [7, 11) is 0. The van der Waals surface area contributed by atoms with Crippen molar-refractivity contribution in [3.8, 4) is 0 Å². The first kappa shape index (κ1) is 27.8. The molecule has 3 saturated heterocycles. The second kappa shape index (κ2) is 12.0. The van der Waals surface area contributed by atoms with Gasteiger partial charge >= 0.3 is 0 Å². The van der Waals surface area contributed by atoms with Crippen LogP contribution in [0.25, 0.3) is 0 Å². The van der Waals surface area contributed by atoms with E-state index in [-0.39, 0.29) is 29.6 Å². The van der Waals surface area contributed by atoms with Gasteiger partial charge in [-0.3, -0.25) is 14.4 Å². The summed E-state index contributed by atoms with van der Waals surface area (Å²) in [5, 5.41) is 10.2. The summed E-state index contributed by atoms with van der Waals surface area (Å²) < 4.78 is -0.626. The summed E-state index contributed by atoms with van der Waals surface area (Å²) in [5.41, 5.74) is 0. The van der Waals surface area contributed by atoms with Crippen molar-refractivity contribution in [3.05, 3.63) is 25.3 Å². The zero-order chi connectivity index (χ0) is 25.8. The normalized spacial score (nSPS) is 29.7. The molecule has 3 fully saturated rings. The number of fused-ring (bicyclic) bond motifs is 1. The topological polar surface area (TPSA) is 81.2 Å². The number of carbonyl (C=O) groups excluding carboxylic acids is 3. The average molecular weight is 506 g/mol. The van der Waals surface area contributed by atoms with Gasteiger partial charge in [0.2, 0.25) is 17.7 Å². The zero-order valence-electron chi connectivity index (χ0n) is 21.7. The third-order valence-corrected chi connectivity index (χ3v) is 9.88. The fourth-order valence-corrected chi connectivity index (χ4v) is 8.55. The molecule has 35 heavy (non-hydrogen) atoms. The second-order valence-electron chi connectivity index (χ2n) is 10.0. The summed E-state index contributed by atoms with van der Waals surface area (Å²) in [4.78, 5) is 47.4. The Kier molecular flexibility index (Phi) is 9.49. The van der Waals surface area contributed by atoms with Crippen LogP contribution in [-0.4, -0.2) is 92.4 Å². The molecule has 0 aromatic rings. The fourth-order valence-electron chi connectivity index (χ4n) is 6.36. The molecule has 1 N–H and O–H groups in total. The Morgan fingerprint density at radius 3 is 2.34 bits per heavy atom. The van der Waals surface area contributed by atoms with Crippen LogP contribution in [0.5, 0.6) is 0 Å². The maximum absolute atomic E-state index is 14.2. The Balaban J connectivity index is 2.05. The number of thioether (sulfide) groups is 1. The van der Waals surface area contributed by atoms with Crippen molar-refractivity contribution in [1.29, 1.82) is 0 Å². The highest BCUT2D eigenvalue weighted by Gasteiger charge is 2.74. The van der Waals surface area contributed by atoms with Gasteiger partial charge in [-0.05, 0) is 32.1 Å². The molecule has 3 aliphatic heterocycles. The molecule has 0 radical (unpaired) electrons. The quantitative estimate of drug-likeness (QED) is 0.367. The summed E-state index contributed by atoms with van der Waals surface area (Å²) in [6.45, 7) is 15.6. The summed E-state index contributed by atoms with van der Waals surface area (Å²) in [6.07, 6.45) is 8.24. The van der Waals surface area contributed by atoms with Gasteiger partial charge in [0.05, 0.1) is 29.2 Å². The Labute approximate surface area is 215 Å². The van der Waals surface area contributed by atoms with E-state index in [1.165, 1.54) is 0 Å². The van der Waals surface area contributed by atoms with E-state index in [1.807, 2.05) is 23.6 Å². The molecule has 8 heteroatoms. The number of nitrogens with zero attached hydrogens (tertiary/aromatic N) is 3. The largest absolute Gasteiger partial charge is 0.394 e. The molecule has 2 unspecified atom stereocenters. The molecule has 3 heterocycles. The number of aliphatic hydroxyl groups is 1. The minimum absolute atomic E-state index is 0.00296. The van der Waals surface area contributed by atoms with E-state index in [4.69, 9.17) is 0 Å². The minimum Gasteiger partial charge on any atom is -0.394 e. The van der Waals surface area contributed by atoms with Crippen LogP contribution in [0.2, 0.25) is 0 Å². The molecule has 1 spiro atoms. The van der Waals surface area contributed by atoms with Crippen LogP contribution < -0.4 is 0 Å². The van der Waals surface area contributed by atoms with Crippen LogP contribution in [0.15, 0.2) is 25.3 Å². The maximum Gasteiger partial charge on any atom is 0.247 e. The lowest BCUT2D eigenvalue weighted by Gasteiger charge is -2.39. The molecular formula is C27H43N3O4S. The minimum atomic E-state index is -0.666. The molecule has 3 rings (SSSR count). The number of hydrogen-bond acceptors (Lipinski definition) is 5. The number of carbonyl (C=O) groups is 3. The van der Waals surface area contributed by atoms with Gasteiger partial charge in [-0.15, -0.1) is 24.9 Å². The molecule has 0 aromatic carbocycles. The van der Waals surface area contributed by atoms with E-state index in [1.54, 1.807) is 28.8 Å². The maximum atomic E-state index is 14.2. The smallest absolute Gasteiger partial charge is 0.247 e. The lowest BCUT2D eigenvalue weighted by Crippen LogP contribution is -2.57. The molecular weight excluding hydrogens is 462 g/mol. The van der Waals surface area contributed by atoms with Crippen molar-refractivity contribution in [2.24, 2.45) is 11.8 Å². The molecule has 6 atom stereocenters. The van der Waals surface area contributed by atoms with Gasteiger partial charge < -0.3 is 19.8 Å². The molecule has 3 amide bonds. The number of likely N-dealkylation sites (tertiary alicyclic amines) is 1. The number of rotatable bonds is 14. The predicted molar refractivity (Wildman–Crippen MR) is 141 cm³/mol. The number of hydrogen-bond donors (Lipinski definition) is 1. The van der Waals surface area contributed by atoms with Crippen molar-refractivity contribution in [2.75, 3.05) is 32.8 Å². The zero-order valence-corrected chi connectivity index (χ0v) is 22.5. The van der Waals surface area contributed by atoms with Gasteiger partial charge in [-0.1, -0.05) is 39.3 Å². The number of amides is 3. The van der Waals surface area contributed by atoms with Crippen LogP contribution in [0.1, 0.15) is 59.3 Å². The summed E-state index contributed by atoms with van der Waals surface area (Å²) in [5.74, 6) is -1.18. The van der Waals surface area contributed by atoms with Gasteiger partial charge in [0.1, 0.15) is 6.04 Å². The van der Waals surface area contributed by atoms with Crippen molar-refractivity contribution < 1.29 is 19.5 Å². The Morgan fingerprint density at radius 2 is 1.80 bits per heavy atom. The van der Waals surface area contributed by atoms with Gasteiger partial charge in [-0.25, -0.2) is 0 Å². The first-order chi connectivity index (χ1) is 16.9. The highest BCUT2D eigenvalue weighted by Crippen LogP contribution is 2.67. The van der Waals surface area contributed by atoms with Crippen LogP contribution in [0.4, 0.5) is 0 Å². The summed E-state index contributed by atoms with van der Waals surface area (Å²) >= 11 is 1.69. The highest BCUT2D eigenvalue weighted by molar-refractivity contribution is 8.02. The van der Waals surface area contributed by atoms with Crippen LogP contribution in [0, 0.1) is 11.8 Å². The van der Waals surface area contributed by atoms with Gasteiger partial charge in [0.15, 0.2) is 0 Å². The highest BCUT2D eigenvalue weighted by atomic mass is 32.2.